The van der Waals surface area contributed by atoms with Crippen LogP contribution in [0.1, 0.15) is 37.0 Å². The number of fused-ring (bicyclic) bond motifs is 1. The molecule has 2 atom stereocenters. The summed E-state index contributed by atoms with van der Waals surface area (Å²) in [6, 6.07) is 6.65. The summed E-state index contributed by atoms with van der Waals surface area (Å²) in [5, 5.41) is 8.99. The van der Waals surface area contributed by atoms with Crippen molar-refractivity contribution in [1.29, 1.82) is 0 Å². The quantitative estimate of drug-likeness (QED) is 0.866. The van der Waals surface area contributed by atoms with Gasteiger partial charge in [-0.25, -0.2) is 0 Å². The van der Waals surface area contributed by atoms with Crippen molar-refractivity contribution in [2.75, 3.05) is 0 Å². The Morgan fingerprint density at radius 2 is 2.00 bits per heavy atom. The van der Waals surface area contributed by atoms with E-state index in [1.165, 1.54) is 36.0 Å². The van der Waals surface area contributed by atoms with Crippen molar-refractivity contribution in [1.82, 2.24) is 0 Å². The van der Waals surface area contributed by atoms with E-state index in [4.69, 9.17) is 5.11 Å². The zero-order valence-corrected chi connectivity index (χ0v) is 10.6. The Bertz CT molecular complexity index is 423. The molecule has 1 aromatic carbocycles. The molecule has 1 aromatic rings. The first-order chi connectivity index (χ1) is 8.08. The molecular formula is C15H20O2. The molecule has 0 bridgehead atoms. The lowest BCUT2D eigenvalue weighted by Gasteiger charge is -2.16. The Morgan fingerprint density at radius 3 is 2.71 bits per heavy atom. The molecule has 17 heavy (non-hydrogen) atoms. The van der Waals surface area contributed by atoms with Crippen molar-refractivity contribution >= 4 is 5.97 Å². The summed E-state index contributed by atoms with van der Waals surface area (Å²) in [4.78, 5) is 10.9. The minimum Gasteiger partial charge on any atom is -0.481 e. The molecule has 0 amide bonds. The van der Waals surface area contributed by atoms with E-state index >= 15 is 0 Å². The van der Waals surface area contributed by atoms with Gasteiger partial charge in [-0.15, -0.1) is 0 Å². The highest BCUT2D eigenvalue weighted by molar-refractivity contribution is 5.69. The fraction of sp³-hybridized carbons (Fsp3) is 0.533. The number of carboxylic acids is 1. The number of aryl methyl sites for hydroxylation is 2. The van der Waals surface area contributed by atoms with Crippen LogP contribution in [0.25, 0.3) is 0 Å². The van der Waals surface area contributed by atoms with E-state index in [0.29, 0.717) is 0 Å². The number of rotatable bonds is 4. The van der Waals surface area contributed by atoms with Crippen LogP contribution in [-0.4, -0.2) is 11.1 Å². The summed E-state index contributed by atoms with van der Waals surface area (Å²) in [7, 11) is 0. The number of hydrogen-bond acceptors (Lipinski definition) is 1. The van der Waals surface area contributed by atoms with Crippen molar-refractivity contribution in [2.45, 2.75) is 39.5 Å². The number of carboxylic acid groups (broad SMARTS) is 1. The summed E-state index contributed by atoms with van der Waals surface area (Å²) in [6.45, 7) is 3.81. The Hall–Kier alpha value is -1.31. The number of hydrogen-bond donors (Lipinski definition) is 1. The van der Waals surface area contributed by atoms with Crippen LogP contribution in [-0.2, 0) is 24.1 Å². The molecule has 1 N–H and O–H groups in total. The Balaban J connectivity index is 2.06. The van der Waals surface area contributed by atoms with Gasteiger partial charge >= 0.3 is 5.97 Å². The third kappa shape index (κ3) is 2.68. The van der Waals surface area contributed by atoms with Gasteiger partial charge in [-0.2, -0.15) is 0 Å². The molecule has 2 unspecified atom stereocenters. The third-order valence-corrected chi connectivity index (χ3v) is 3.96. The van der Waals surface area contributed by atoms with Crippen LogP contribution in [0.4, 0.5) is 0 Å². The smallest absolute Gasteiger partial charge is 0.306 e. The molecule has 2 nitrogen and oxygen atoms in total. The molecule has 0 fully saturated rings. The van der Waals surface area contributed by atoms with Crippen LogP contribution in [0.2, 0.25) is 0 Å². The molecule has 2 rings (SSSR count). The number of benzene rings is 1. The zero-order valence-electron chi connectivity index (χ0n) is 10.6. The van der Waals surface area contributed by atoms with Crippen LogP contribution in [0.3, 0.4) is 0 Å². The molecule has 92 valence electrons. The van der Waals surface area contributed by atoms with E-state index < -0.39 is 5.97 Å². The van der Waals surface area contributed by atoms with Crippen molar-refractivity contribution in [3.63, 3.8) is 0 Å². The molecule has 0 radical (unpaired) electrons. The standard InChI is InChI=1S/C15H20O2/c1-10(11(2)15(16)17)8-12-6-7-13-4-3-5-14(13)9-12/h6-7,9-11H,3-5,8H2,1-2H3,(H,16,17). The van der Waals surface area contributed by atoms with Gasteiger partial charge in [-0.3, -0.25) is 4.79 Å². The molecule has 2 heteroatoms. The molecule has 0 saturated carbocycles. The predicted octanol–water partition coefficient (Wildman–Crippen LogP) is 3.07. The second-order valence-corrected chi connectivity index (χ2v) is 5.26. The Morgan fingerprint density at radius 1 is 1.29 bits per heavy atom. The van der Waals surface area contributed by atoms with Crippen LogP contribution in [0.15, 0.2) is 18.2 Å². The molecule has 0 saturated heterocycles. The Kier molecular flexibility index (Phi) is 3.51. The van der Waals surface area contributed by atoms with Gasteiger partial charge in [0, 0.05) is 0 Å². The van der Waals surface area contributed by atoms with Crippen LogP contribution in [0, 0.1) is 11.8 Å². The molecular weight excluding hydrogens is 212 g/mol. The van der Waals surface area contributed by atoms with Gasteiger partial charge in [0.1, 0.15) is 0 Å². The largest absolute Gasteiger partial charge is 0.481 e. The van der Waals surface area contributed by atoms with Crippen LogP contribution < -0.4 is 0 Å². The molecule has 0 spiro atoms. The summed E-state index contributed by atoms with van der Waals surface area (Å²) < 4.78 is 0. The van der Waals surface area contributed by atoms with Gasteiger partial charge in [0.25, 0.3) is 0 Å². The average Bonchev–Trinajstić information content (AvgIpc) is 2.74. The molecule has 1 aliphatic rings. The zero-order chi connectivity index (χ0) is 12.4. The second-order valence-electron chi connectivity index (χ2n) is 5.26. The monoisotopic (exact) mass is 232 g/mol. The molecule has 1 aliphatic carbocycles. The first-order valence-corrected chi connectivity index (χ1v) is 6.41. The summed E-state index contributed by atoms with van der Waals surface area (Å²) in [6.07, 6.45) is 4.52. The second kappa shape index (κ2) is 4.91. The van der Waals surface area contributed by atoms with Crippen LogP contribution in [0.5, 0.6) is 0 Å². The molecule has 0 aromatic heterocycles. The van der Waals surface area contributed by atoms with E-state index in [0.717, 1.165) is 6.42 Å². The summed E-state index contributed by atoms with van der Waals surface area (Å²) >= 11 is 0. The summed E-state index contributed by atoms with van der Waals surface area (Å²) in [5.41, 5.74) is 4.23. The highest BCUT2D eigenvalue weighted by Crippen LogP contribution is 2.25. The fourth-order valence-corrected chi connectivity index (χ4v) is 2.54. The van der Waals surface area contributed by atoms with Gasteiger partial charge in [0.2, 0.25) is 0 Å². The van der Waals surface area contributed by atoms with Crippen molar-refractivity contribution in [2.24, 2.45) is 11.8 Å². The lowest BCUT2D eigenvalue weighted by molar-refractivity contribution is -0.142. The minimum absolute atomic E-state index is 0.187. The minimum atomic E-state index is -0.696. The van der Waals surface area contributed by atoms with E-state index in [1.807, 2.05) is 6.92 Å². The SMILES string of the molecule is CC(Cc1ccc2c(c1)CCC2)C(C)C(=O)O. The van der Waals surface area contributed by atoms with Crippen molar-refractivity contribution in [3.8, 4) is 0 Å². The van der Waals surface area contributed by atoms with Crippen molar-refractivity contribution < 1.29 is 9.90 Å². The van der Waals surface area contributed by atoms with Gasteiger partial charge in [-0.1, -0.05) is 32.0 Å². The van der Waals surface area contributed by atoms with Gasteiger partial charge in [0.15, 0.2) is 0 Å². The van der Waals surface area contributed by atoms with Gasteiger partial charge in [0.05, 0.1) is 5.92 Å². The van der Waals surface area contributed by atoms with Crippen LogP contribution >= 0.6 is 0 Å². The molecule has 0 aliphatic heterocycles. The maximum Gasteiger partial charge on any atom is 0.306 e. The highest BCUT2D eigenvalue weighted by atomic mass is 16.4. The topological polar surface area (TPSA) is 37.3 Å². The van der Waals surface area contributed by atoms with Gasteiger partial charge in [-0.05, 0) is 48.3 Å². The lowest BCUT2D eigenvalue weighted by atomic mass is 9.89. The Labute approximate surface area is 103 Å². The first kappa shape index (κ1) is 12.2. The van der Waals surface area contributed by atoms with E-state index in [9.17, 15) is 4.79 Å². The summed E-state index contributed by atoms with van der Waals surface area (Å²) in [5.74, 6) is -0.783. The van der Waals surface area contributed by atoms with E-state index in [-0.39, 0.29) is 11.8 Å². The van der Waals surface area contributed by atoms with E-state index in [1.54, 1.807) is 6.92 Å². The fourth-order valence-electron chi connectivity index (χ4n) is 2.54. The maximum atomic E-state index is 10.9. The normalized spacial score (nSPS) is 17.5. The average molecular weight is 232 g/mol. The third-order valence-electron chi connectivity index (χ3n) is 3.96. The number of aliphatic carboxylic acids is 1. The van der Waals surface area contributed by atoms with Gasteiger partial charge < -0.3 is 5.11 Å². The highest BCUT2D eigenvalue weighted by Gasteiger charge is 2.20. The number of carbonyl (C=O) groups is 1. The van der Waals surface area contributed by atoms with Crippen molar-refractivity contribution in [3.05, 3.63) is 34.9 Å². The van der Waals surface area contributed by atoms with E-state index in [2.05, 4.69) is 18.2 Å². The predicted molar refractivity (Wildman–Crippen MR) is 68.1 cm³/mol. The lowest BCUT2D eigenvalue weighted by Crippen LogP contribution is -2.19. The first-order valence-electron chi connectivity index (χ1n) is 6.41. The maximum absolute atomic E-state index is 10.9. The molecule has 0 heterocycles.